The number of rotatable bonds is 2. The summed E-state index contributed by atoms with van der Waals surface area (Å²) in [6.45, 7) is 0. The molecule has 59 heavy (non-hydrogen) atoms. The Morgan fingerprint density at radius 3 is 2.08 bits per heavy atom. The summed E-state index contributed by atoms with van der Waals surface area (Å²) in [7, 11) is 0. The van der Waals surface area contributed by atoms with Crippen LogP contribution in [0.1, 0.15) is 108 Å². The molecule has 4 nitrogen and oxygen atoms in total. The summed E-state index contributed by atoms with van der Waals surface area (Å²) in [5, 5.41) is 19.2. The highest BCUT2D eigenvalue weighted by atomic mass is 15.0. The summed E-state index contributed by atoms with van der Waals surface area (Å²) in [6, 6.07) is 45.7. The normalized spacial score (nSPS) is 23.8. The lowest BCUT2D eigenvalue weighted by atomic mass is 9.62. The van der Waals surface area contributed by atoms with Crippen molar-refractivity contribution < 1.29 is 0 Å². The van der Waals surface area contributed by atoms with Crippen LogP contribution >= 0.6 is 0 Å². The SMILES string of the molecule is N#Cc1cc2c(c3c1C1CCC3c3ccccc31)c1c3c(cc4c5c6c(ncc5n2c41)C1CC2CC(C1)CC6C2)c1ccccc1n3-c1ccccc1-c1ccccc1. The summed E-state index contributed by atoms with van der Waals surface area (Å²) < 4.78 is 5.18. The molecule has 6 aromatic carbocycles. The van der Waals surface area contributed by atoms with Crippen LogP contribution < -0.4 is 0 Å². The second kappa shape index (κ2) is 11.0. The van der Waals surface area contributed by atoms with E-state index in [2.05, 4.69) is 136 Å². The van der Waals surface area contributed by atoms with Crippen LogP contribution in [0.25, 0.3) is 76.7 Å². The minimum absolute atomic E-state index is 0.227. The van der Waals surface area contributed by atoms with Crippen LogP contribution in [-0.2, 0) is 0 Å². The molecule has 0 radical (unpaired) electrons. The molecule has 0 N–H and O–H groups in total. The summed E-state index contributed by atoms with van der Waals surface area (Å²) in [5.74, 6) is 3.22. The molecule has 0 spiro atoms. The van der Waals surface area contributed by atoms with E-state index in [0.29, 0.717) is 11.8 Å². The molecule has 0 saturated heterocycles. The maximum atomic E-state index is 11.1. The van der Waals surface area contributed by atoms with Crippen LogP contribution in [-0.4, -0.2) is 14.0 Å². The first kappa shape index (κ1) is 31.5. The van der Waals surface area contributed by atoms with E-state index in [1.165, 1.54) is 137 Å². The predicted octanol–water partition coefficient (Wildman–Crippen LogP) is 13.6. The minimum atomic E-state index is 0.227. The van der Waals surface area contributed by atoms with Gasteiger partial charge in [-0.25, -0.2) is 0 Å². The maximum absolute atomic E-state index is 11.1. The third-order valence-electron chi connectivity index (χ3n) is 16.1. The second-order valence-corrected chi connectivity index (χ2v) is 18.8. The average Bonchev–Trinajstić information content (AvgIpc) is 3.88. The van der Waals surface area contributed by atoms with E-state index in [0.717, 1.165) is 30.2 Å². The highest BCUT2D eigenvalue weighted by molar-refractivity contribution is 6.35. The van der Waals surface area contributed by atoms with E-state index in [-0.39, 0.29) is 11.8 Å². The Morgan fingerprint density at radius 2 is 1.27 bits per heavy atom. The van der Waals surface area contributed by atoms with Gasteiger partial charge < -0.3 is 8.97 Å². The van der Waals surface area contributed by atoms with Crippen LogP contribution in [0, 0.1) is 23.2 Å². The number of nitrogens with zero attached hydrogens (tertiary/aromatic N) is 4. The highest BCUT2D eigenvalue weighted by Gasteiger charge is 2.45. The van der Waals surface area contributed by atoms with Gasteiger partial charge >= 0.3 is 0 Å². The molecule has 2 fully saturated rings. The summed E-state index contributed by atoms with van der Waals surface area (Å²) in [6.07, 6.45) is 11.0. The Morgan fingerprint density at radius 1 is 0.559 bits per heavy atom. The van der Waals surface area contributed by atoms with Crippen molar-refractivity contribution in [1.29, 1.82) is 5.26 Å². The van der Waals surface area contributed by atoms with Gasteiger partial charge in [0, 0.05) is 61.3 Å². The van der Waals surface area contributed by atoms with Crippen LogP contribution in [0.4, 0.5) is 0 Å². The molecule has 4 heteroatoms. The fraction of sp³-hybridized carbons (Fsp3) is 0.236. The molecule has 4 unspecified atom stereocenters. The summed E-state index contributed by atoms with van der Waals surface area (Å²) in [5.41, 5.74) is 19.1. The van der Waals surface area contributed by atoms with Crippen LogP contribution in [0.15, 0.2) is 121 Å². The van der Waals surface area contributed by atoms with E-state index in [1.54, 1.807) is 5.56 Å². The zero-order chi connectivity index (χ0) is 38.2. The van der Waals surface area contributed by atoms with E-state index < -0.39 is 0 Å². The van der Waals surface area contributed by atoms with E-state index in [1.807, 2.05) is 0 Å². The van der Waals surface area contributed by atoms with Gasteiger partial charge in [-0.15, -0.1) is 0 Å². The molecular weight excluding hydrogens is 717 g/mol. The number of aromatic nitrogens is 3. The zero-order valence-electron chi connectivity index (χ0n) is 32.7. The lowest BCUT2D eigenvalue weighted by Gasteiger charge is -2.41. The second-order valence-electron chi connectivity index (χ2n) is 18.8. The quantitative estimate of drug-likeness (QED) is 0.176. The fourth-order valence-corrected chi connectivity index (χ4v) is 14.3. The molecule has 10 aromatic rings. The van der Waals surface area contributed by atoms with Gasteiger partial charge in [0.2, 0.25) is 0 Å². The monoisotopic (exact) mass is 756 g/mol. The molecule has 4 heterocycles. The number of hydrogen-bond acceptors (Lipinski definition) is 2. The van der Waals surface area contributed by atoms with Crippen molar-refractivity contribution in [3.05, 3.63) is 161 Å². The first-order chi connectivity index (χ1) is 29.2. The molecular formula is C55H40N4. The van der Waals surface area contributed by atoms with Gasteiger partial charge in [-0.3, -0.25) is 4.98 Å². The fourth-order valence-electron chi connectivity index (χ4n) is 14.3. The van der Waals surface area contributed by atoms with Gasteiger partial charge in [-0.1, -0.05) is 91.0 Å². The van der Waals surface area contributed by atoms with Crippen LogP contribution in [0.3, 0.4) is 0 Å². The third kappa shape index (κ3) is 3.80. The average molecular weight is 757 g/mol. The lowest BCUT2D eigenvalue weighted by Crippen LogP contribution is -2.26. The smallest absolute Gasteiger partial charge is 0.0995 e. The maximum Gasteiger partial charge on any atom is 0.0995 e. The van der Waals surface area contributed by atoms with Gasteiger partial charge in [0.05, 0.1) is 51.1 Å². The van der Waals surface area contributed by atoms with Crippen molar-refractivity contribution in [2.24, 2.45) is 11.8 Å². The topological polar surface area (TPSA) is 46.0 Å². The van der Waals surface area contributed by atoms with Crippen molar-refractivity contribution >= 4 is 59.9 Å². The van der Waals surface area contributed by atoms with Crippen LogP contribution in [0.5, 0.6) is 0 Å². The number of benzene rings is 6. The number of para-hydroxylation sites is 2. The number of nitriles is 1. The van der Waals surface area contributed by atoms with Gasteiger partial charge in [0.25, 0.3) is 0 Å². The Hall–Kier alpha value is -6.44. The number of hydrogen-bond donors (Lipinski definition) is 0. The van der Waals surface area contributed by atoms with Gasteiger partial charge in [-0.05, 0) is 120 Å². The van der Waals surface area contributed by atoms with E-state index in [9.17, 15) is 5.26 Å². The molecule has 17 rings (SSSR count). The summed E-state index contributed by atoms with van der Waals surface area (Å²) >= 11 is 0. The Balaban J connectivity index is 1.20. The zero-order valence-corrected chi connectivity index (χ0v) is 32.7. The van der Waals surface area contributed by atoms with Crippen LogP contribution in [0.2, 0.25) is 0 Å². The van der Waals surface area contributed by atoms with Gasteiger partial charge in [0.15, 0.2) is 0 Å². The largest absolute Gasteiger partial charge is 0.308 e. The number of fused-ring (bicyclic) bond motifs is 11. The summed E-state index contributed by atoms with van der Waals surface area (Å²) in [4.78, 5) is 5.53. The van der Waals surface area contributed by atoms with Crippen molar-refractivity contribution in [2.75, 3.05) is 0 Å². The Labute approximate surface area is 341 Å². The molecule has 7 aliphatic rings. The van der Waals surface area contributed by atoms with Crippen molar-refractivity contribution in [2.45, 2.75) is 68.6 Å². The van der Waals surface area contributed by atoms with E-state index in [4.69, 9.17) is 4.98 Å². The molecule has 4 atom stereocenters. The Kier molecular flexibility index (Phi) is 5.87. The Bertz CT molecular complexity index is 3530. The molecule has 4 aromatic heterocycles. The molecule has 0 amide bonds. The minimum Gasteiger partial charge on any atom is -0.308 e. The van der Waals surface area contributed by atoms with Gasteiger partial charge in [0.1, 0.15) is 0 Å². The van der Waals surface area contributed by atoms with Crippen molar-refractivity contribution in [1.82, 2.24) is 14.0 Å². The third-order valence-corrected chi connectivity index (χ3v) is 16.1. The molecule has 7 aliphatic carbocycles. The predicted molar refractivity (Wildman–Crippen MR) is 238 cm³/mol. The lowest BCUT2D eigenvalue weighted by molar-refractivity contribution is 0.165. The standard InChI is InChI=1S/C55H40N4/c56-27-34-25-45-51(50-40-19-18-39(47(34)50)36-13-4-5-14-37(36)40)52-54-41(38-15-7-9-17-44(38)58(54)43-16-8-6-12-35(43)31-10-2-1-3-11-31)26-42-49-46(59(45)55(42)52)28-57-53-33-23-29-20-30(24-33)22-32(21-29)48(49)53/h1-17,25-26,28-30,32-33,39-40H,18-24H2. The molecule has 6 bridgehead atoms. The highest BCUT2D eigenvalue weighted by Crippen LogP contribution is 2.61. The number of pyridine rings is 1. The van der Waals surface area contributed by atoms with Crippen molar-refractivity contribution in [3.63, 3.8) is 0 Å². The molecule has 0 aliphatic heterocycles. The first-order valence-electron chi connectivity index (χ1n) is 22.0. The van der Waals surface area contributed by atoms with E-state index >= 15 is 0 Å². The first-order valence-corrected chi connectivity index (χ1v) is 22.0. The molecule has 2 saturated carbocycles. The molecule has 280 valence electrons. The van der Waals surface area contributed by atoms with Gasteiger partial charge in [-0.2, -0.15) is 5.26 Å². The van der Waals surface area contributed by atoms with Crippen molar-refractivity contribution in [3.8, 4) is 22.9 Å².